The molecule has 0 radical (unpaired) electrons. The van der Waals surface area contributed by atoms with E-state index in [0.29, 0.717) is 5.41 Å². The molecule has 1 aromatic carbocycles. The van der Waals surface area contributed by atoms with Crippen LogP contribution in [0, 0.1) is 23.2 Å². The first-order chi connectivity index (χ1) is 12.9. The van der Waals surface area contributed by atoms with E-state index in [1.165, 1.54) is 50.7 Å². The third kappa shape index (κ3) is 4.17. The highest BCUT2D eigenvalue weighted by Gasteiger charge is 2.50. The van der Waals surface area contributed by atoms with E-state index in [1.54, 1.807) is 12.1 Å². The summed E-state index contributed by atoms with van der Waals surface area (Å²) in [6.45, 7) is 0.812. The largest absolute Gasteiger partial charge is 0.356 e. The van der Waals surface area contributed by atoms with Gasteiger partial charge in [0.15, 0.2) is 0 Å². The van der Waals surface area contributed by atoms with Gasteiger partial charge in [-0.2, -0.15) is 0 Å². The molecule has 4 aliphatic carbocycles. The van der Waals surface area contributed by atoms with Crippen LogP contribution in [0.1, 0.15) is 44.9 Å². The Morgan fingerprint density at radius 1 is 1.07 bits per heavy atom. The van der Waals surface area contributed by atoms with Gasteiger partial charge in [-0.25, -0.2) is 13.1 Å². The molecule has 4 fully saturated rings. The number of halogens is 1. The lowest BCUT2D eigenvalue weighted by Gasteiger charge is -2.56. The van der Waals surface area contributed by atoms with Crippen molar-refractivity contribution in [2.75, 3.05) is 13.1 Å². The first-order valence-electron chi connectivity index (χ1n) is 9.86. The van der Waals surface area contributed by atoms with Crippen molar-refractivity contribution in [2.45, 2.75) is 49.8 Å². The van der Waals surface area contributed by atoms with Gasteiger partial charge in [-0.05, 0) is 73.8 Å². The number of hydrogen-bond acceptors (Lipinski definition) is 3. The Morgan fingerprint density at radius 3 is 2.26 bits per heavy atom. The molecule has 5 rings (SSSR count). The molecule has 1 aromatic rings. The SMILES string of the molecule is O=C(CCNS(=O)(=O)c1ccccc1Cl)NCC12CC3CC(CC(C3)C1)C2. The van der Waals surface area contributed by atoms with Gasteiger partial charge in [0.2, 0.25) is 15.9 Å². The first kappa shape index (κ1) is 19.2. The molecule has 0 saturated heterocycles. The number of amides is 1. The molecule has 0 aromatic heterocycles. The van der Waals surface area contributed by atoms with Crippen LogP contribution < -0.4 is 10.0 Å². The van der Waals surface area contributed by atoms with E-state index in [1.807, 2.05) is 0 Å². The van der Waals surface area contributed by atoms with Crippen LogP contribution in [-0.2, 0) is 14.8 Å². The Balaban J connectivity index is 1.25. The molecule has 0 atom stereocenters. The van der Waals surface area contributed by atoms with Crippen LogP contribution in [0.15, 0.2) is 29.2 Å². The summed E-state index contributed by atoms with van der Waals surface area (Å²) in [5.74, 6) is 2.48. The minimum absolute atomic E-state index is 0.0423. The molecule has 4 bridgehead atoms. The van der Waals surface area contributed by atoms with Crippen LogP contribution in [0.5, 0.6) is 0 Å². The maximum absolute atomic E-state index is 12.3. The number of carbonyl (C=O) groups is 1. The smallest absolute Gasteiger partial charge is 0.242 e. The van der Waals surface area contributed by atoms with Crippen molar-refractivity contribution in [2.24, 2.45) is 23.2 Å². The molecule has 0 unspecified atom stereocenters. The minimum Gasteiger partial charge on any atom is -0.356 e. The molecule has 4 saturated carbocycles. The zero-order chi connectivity index (χ0) is 19.1. The fourth-order valence-electron chi connectivity index (χ4n) is 5.92. The van der Waals surface area contributed by atoms with E-state index in [-0.39, 0.29) is 28.8 Å². The fourth-order valence-corrected chi connectivity index (χ4v) is 7.47. The van der Waals surface area contributed by atoms with Gasteiger partial charge in [-0.15, -0.1) is 0 Å². The summed E-state index contributed by atoms with van der Waals surface area (Å²) >= 11 is 5.95. The molecule has 2 N–H and O–H groups in total. The van der Waals surface area contributed by atoms with Crippen LogP contribution in [0.3, 0.4) is 0 Å². The molecule has 0 heterocycles. The molecular formula is C20H27ClN2O3S. The van der Waals surface area contributed by atoms with Crippen molar-refractivity contribution in [3.8, 4) is 0 Å². The summed E-state index contributed by atoms with van der Waals surface area (Å²) in [6, 6.07) is 6.30. The van der Waals surface area contributed by atoms with Crippen molar-refractivity contribution >= 4 is 27.5 Å². The number of nitrogens with one attached hydrogen (secondary N) is 2. The topological polar surface area (TPSA) is 75.3 Å². The number of hydrogen-bond donors (Lipinski definition) is 2. The second-order valence-corrected chi connectivity index (χ2v) is 10.9. The van der Waals surface area contributed by atoms with E-state index in [9.17, 15) is 13.2 Å². The van der Waals surface area contributed by atoms with Crippen molar-refractivity contribution in [3.63, 3.8) is 0 Å². The molecule has 0 aliphatic heterocycles. The van der Waals surface area contributed by atoms with Crippen LogP contribution in [0.4, 0.5) is 0 Å². The number of sulfonamides is 1. The number of rotatable bonds is 7. The van der Waals surface area contributed by atoms with E-state index in [2.05, 4.69) is 10.0 Å². The van der Waals surface area contributed by atoms with E-state index < -0.39 is 10.0 Å². The van der Waals surface area contributed by atoms with Crippen LogP contribution in [0.25, 0.3) is 0 Å². The zero-order valence-corrected chi connectivity index (χ0v) is 17.0. The predicted molar refractivity (Wildman–Crippen MR) is 105 cm³/mol. The van der Waals surface area contributed by atoms with E-state index in [0.717, 1.165) is 24.3 Å². The Kier molecular flexibility index (Phi) is 5.25. The Bertz CT molecular complexity index is 789. The van der Waals surface area contributed by atoms with Crippen LogP contribution >= 0.6 is 11.6 Å². The third-order valence-electron chi connectivity index (χ3n) is 6.60. The van der Waals surface area contributed by atoms with Gasteiger partial charge in [-0.1, -0.05) is 23.7 Å². The molecule has 5 nitrogen and oxygen atoms in total. The summed E-state index contributed by atoms with van der Waals surface area (Å²) in [4.78, 5) is 12.3. The highest BCUT2D eigenvalue weighted by molar-refractivity contribution is 7.89. The van der Waals surface area contributed by atoms with Crippen molar-refractivity contribution in [3.05, 3.63) is 29.3 Å². The van der Waals surface area contributed by atoms with Gasteiger partial charge in [0, 0.05) is 19.5 Å². The summed E-state index contributed by atoms with van der Waals surface area (Å²) in [5.41, 5.74) is 0.293. The van der Waals surface area contributed by atoms with Crippen molar-refractivity contribution in [1.82, 2.24) is 10.0 Å². The first-order valence-corrected chi connectivity index (χ1v) is 11.7. The zero-order valence-electron chi connectivity index (χ0n) is 15.4. The predicted octanol–water partition coefficient (Wildman–Crippen LogP) is 3.34. The van der Waals surface area contributed by atoms with Gasteiger partial charge >= 0.3 is 0 Å². The molecule has 4 aliphatic rings. The fraction of sp³-hybridized carbons (Fsp3) is 0.650. The van der Waals surface area contributed by atoms with Gasteiger partial charge in [0.25, 0.3) is 0 Å². The lowest BCUT2D eigenvalue weighted by Crippen LogP contribution is -2.51. The molecular weight excluding hydrogens is 384 g/mol. The molecule has 7 heteroatoms. The average Bonchev–Trinajstić information content (AvgIpc) is 2.59. The second-order valence-electron chi connectivity index (χ2n) is 8.77. The van der Waals surface area contributed by atoms with E-state index >= 15 is 0 Å². The number of benzene rings is 1. The lowest BCUT2D eigenvalue weighted by atomic mass is 9.49. The van der Waals surface area contributed by atoms with Crippen LogP contribution in [0.2, 0.25) is 5.02 Å². The maximum Gasteiger partial charge on any atom is 0.242 e. The van der Waals surface area contributed by atoms with Gasteiger partial charge in [-0.3, -0.25) is 4.79 Å². The summed E-state index contributed by atoms with van der Waals surface area (Å²) in [5, 5.41) is 3.25. The molecule has 148 valence electrons. The normalized spacial score (nSPS) is 31.8. The monoisotopic (exact) mass is 410 g/mol. The molecule has 27 heavy (non-hydrogen) atoms. The Morgan fingerprint density at radius 2 is 1.67 bits per heavy atom. The molecule has 0 spiro atoms. The summed E-state index contributed by atoms with van der Waals surface area (Å²) in [7, 11) is -3.70. The van der Waals surface area contributed by atoms with Crippen molar-refractivity contribution in [1.29, 1.82) is 0 Å². The summed E-state index contributed by atoms with van der Waals surface area (Å²) < 4.78 is 27.1. The second kappa shape index (κ2) is 7.37. The van der Waals surface area contributed by atoms with E-state index in [4.69, 9.17) is 11.6 Å². The highest BCUT2D eigenvalue weighted by atomic mass is 35.5. The Labute approximate surface area is 166 Å². The van der Waals surface area contributed by atoms with Gasteiger partial charge < -0.3 is 5.32 Å². The lowest BCUT2D eigenvalue weighted by molar-refractivity contribution is -0.123. The maximum atomic E-state index is 12.3. The van der Waals surface area contributed by atoms with Crippen LogP contribution in [-0.4, -0.2) is 27.4 Å². The van der Waals surface area contributed by atoms with Gasteiger partial charge in [0.1, 0.15) is 4.90 Å². The van der Waals surface area contributed by atoms with Crippen molar-refractivity contribution < 1.29 is 13.2 Å². The highest BCUT2D eigenvalue weighted by Crippen LogP contribution is 2.59. The number of carbonyl (C=O) groups excluding carboxylic acids is 1. The summed E-state index contributed by atoms with van der Waals surface area (Å²) in [6.07, 6.45) is 8.04. The Hall–Kier alpha value is -1.11. The minimum atomic E-state index is -3.70. The molecule has 1 amide bonds. The quantitative estimate of drug-likeness (QED) is 0.723. The standard InChI is InChI=1S/C20H27ClN2O3S/c21-17-3-1-2-4-18(17)27(25,26)23-6-5-19(24)22-13-20-10-14-7-15(11-20)9-16(8-14)12-20/h1-4,14-16,23H,5-13H2,(H,22,24). The average molecular weight is 411 g/mol. The van der Waals surface area contributed by atoms with Gasteiger partial charge in [0.05, 0.1) is 5.02 Å². The third-order valence-corrected chi connectivity index (χ3v) is 8.56.